The molecule has 4 nitrogen and oxygen atoms in total. The molecule has 0 spiro atoms. The number of piperidine rings is 1. The number of ether oxygens (including phenoxy) is 1. The number of carbonyl (C=O) groups is 1. The SMILES string of the molecule is CCN(C(=O)C1CCNC(C)C1)C(C)COC. The van der Waals surface area contributed by atoms with Gasteiger partial charge in [-0.15, -0.1) is 0 Å². The summed E-state index contributed by atoms with van der Waals surface area (Å²) in [7, 11) is 1.68. The largest absolute Gasteiger partial charge is 0.383 e. The van der Waals surface area contributed by atoms with Crippen LogP contribution in [-0.2, 0) is 9.53 Å². The van der Waals surface area contributed by atoms with E-state index in [0.717, 1.165) is 25.9 Å². The summed E-state index contributed by atoms with van der Waals surface area (Å²) in [6.07, 6.45) is 1.91. The third-order valence-corrected chi connectivity index (χ3v) is 3.54. The molecule has 0 aromatic carbocycles. The van der Waals surface area contributed by atoms with E-state index in [1.807, 2.05) is 11.8 Å². The summed E-state index contributed by atoms with van der Waals surface area (Å²) in [5.41, 5.74) is 0. The standard InChI is InChI=1S/C13H26N2O2/c1-5-15(11(3)9-17-4)13(16)12-6-7-14-10(2)8-12/h10-12,14H,5-9H2,1-4H3. The van der Waals surface area contributed by atoms with Crippen molar-refractivity contribution in [2.75, 3.05) is 26.8 Å². The number of hydrogen-bond donors (Lipinski definition) is 1. The van der Waals surface area contributed by atoms with Crippen molar-refractivity contribution in [3.8, 4) is 0 Å². The van der Waals surface area contributed by atoms with Gasteiger partial charge < -0.3 is 15.0 Å². The van der Waals surface area contributed by atoms with Gasteiger partial charge >= 0.3 is 0 Å². The van der Waals surface area contributed by atoms with E-state index in [2.05, 4.69) is 19.2 Å². The summed E-state index contributed by atoms with van der Waals surface area (Å²) in [6, 6.07) is 0.622. The van der Waals surface area contributed by atoms with E-state index in [1.165, 1.54) is 0 Å². The Kier molecular flexibility index (Phi) is 5.92. The third-order valence-electron chi connectivity index (χ3n) is 3.54. The number of nitrogens with zero attached hydrogens (tertiary/aromatic N) is 1. The lowest BCUT2D eigenvalue weighted by Gasteiger charge is -2.34. The number of rotatable bonds is 5. The topological polar surface area (TPSA) is 41.6 Å². The average Bonchev–Trinajstić information content (AvgIpc) is 2.30. The second kappa shape index (κ2) is 6.97. The fourth-order valence-corrected chi connectivity index (χ4v) is 2.61. The summed E-state index contributed by atoms with van der Waals surface area (Å²) in [5, 5.41) is 3.38. The summed E-state index contributed by atoms with van der Waals surface area (Å²) >= 11 is 0. The van der Waals surface area contributed by atoms with Crippen molar-refractivity contribution >= 4 is 5.91 Å². The van der Waals surface area contributed by atoms with Crippen molar-refractivity contribution < 1.29 is 9.53 Å². The quantitative estimate of drug-likeness (QED) is 0.789. The molecule has 0 aliphatic carbocycles. The van der Waals surface area contributed by atoms with Crippen LogP contribution in [0.1, 0.15) is 33.6 Å². The smallest absolute Gasteiger partial charge is 0.226 e. The van der Waals surface area contributed by atoms with Crippen molar-refractivity contribution in [2.24, 2.45) is 5.92 Å². The molecule has 17 heavy (non-hydrogen) atoms. The molecular formula is C13H26N2O2. The molecule has 3 unspecified atom stereocenters. The molecule has 1 heterocycles. The summed E-state index contributed by atoms with van der Waals surface area (Å²) in [6.45, 7) is 8.56. The van der Waals surface area contributed by atoms with E-state index >= 15 is 0 Å². The first kappa shape index (κ1) is 14.5. The van der Waals surface area contributed by atoms with Crippen molar-refractivity contribution in [1.29, 1.82) is 0 Å². The van der Waals surface area contributed by atoms with Crippen LogP contribution < -0.4 is 5.32 Å². The van der Waals surface area contributed by atoms with E-state index in [1.54, 1.807) is 7.11 Å². The fourth-order valence-electron chi connectivity index (χ4n) is 2.61. The Bertz CT molecular complexity index is 246. The van der Waals surface area contributed by atoms with Crippen LogP contribution in [0.2, 0.25) is 0 Å². The molecule has 1 rings (SSSR count). The third kappa shape index (κ3) is 3.96. The summed E-state index contributed by atoms with van der Waals surface area (Å²) in [5.74, 6) is 0.482. The lowest BCUT2D eigenvalue weighted by Crippen LogP contribution is -2.48. The maximum absolute atomic E-state index is 12.4. The fraction of sp³-hybridized carbons (Fsp3) is 0.923. The van der Waals surface area contributed by atoms with Gasteiger partial charge in [-0.2, -0.15) is 0 Å². The lowest BCUT2D eigenvalue weighted by atomic mass is 9.91. The highest BCUT2D eigenvalue weighted by atomic mass is 16.5. The number of methoxy groups -OCH3 is 1. The van der Waals surface area contributed by atoms with E-state index < -0.39 is 0 Å². The molecule has 0 bridgehead atoms. The molecule has 0 saturated carbocycles. The normalized spacial score (nSPS) is 26.6. The molecule has 4 heteroatoms. The summed E-state index contributed by atoms with van der Waals surface area (Å²) < 4.78 is 5.14. The van der Waals surface area contributed by atoms with Gasteiger partial charge in [0.2, 0.25) is 5.91 Å². The Morgan fingerprint density at radius 2 is 2.29 bits per heavy atom. The summed E-state index contributed by atoms with van der Waals surface area (Å²) in [4.78, 5) is 14.4. The van der Waals surface area contributed by atoms with Crippen LogP contribution in [0.5, 0.6) is 0 Å². The molecule has 1 amide bonds. The van der Waals surface area contributed by atoms with Crippen LogP contribution in [0, 0.1) is 5.92 Å². The van der Waals surface area contributed by atoms with Crippen molar-refractivity contribution in [2.45, 2.75) is 45.7 Å². The predicted octanol–water partition coefficient (Wildman–Crippen LogP) is 1.26. The highest BCUT2D eigenvalue weighted by molar-refractivity contribution is 5.79. The maximum Gasteiger partial charge on any atom is 0.226 e. The van der Waals surface area contributed by atoms with Crippen LogP contribution in [0.15, 0.2) is 0 Å². The number of carbonyl (C=O) groups excluding carboxylic acids is 1. The molecule has 1 saturated heterocycles. The van der Waals surface area contributed by atoms with E-state index in [-0.39, 0.29) is 12.0 Å². The number of amides is 1. The lowest BCUT2D eigenvalue weighted by molar-refractivity contribution is -0.139. The molecule has 0 aromatic rings. The van der Waals surface area contributed by atoms with Gasteiger partial charge in [0.25, 0.3) is 0 Å². The van der Waals surface area contributed by atoms with Crippen LogP contribution >= 0.6 is 0 Å². The van der Waals surface area contributed by atoms with Crippen molar-refractivity contribution in [3.05, 3.63) is 0 Å². The molecular weight excluding hydrogens is 216 g/mol. The molecule has 1 aliphatic heterocycles. The minimum absolute atomic E-state index is 0.169. The second-order valence-corrected chi connectivity index (χ2v) is 5.01. The zero-order chi connectivity index (χ0) is 12.8. The Labute approximate surface area is 105 Å². The van der Waals surface area contributed by atoms with Crippen LogP contribution in [-0.4, -0.2) is 49.7 Å². The monoisotopic (exact) mass is 242 g/mol. The Balaban J connectivity index is 2.58. The van der Waals surface area contributed by atoms with Gasteiger partial charge in [-0.05, 0) is 40.2 Å². The highest BCUT2D eigenvalue weighted by Gasteiger charge is 2.29. The molecule has 1 aliphatic rings. The Morgan fingerprint density at radius 1 is 1.59 bits per heavy atom. The maximum atomic E-state index is 12.4. The van der Waals surface area contributed by atoms with Crippen LogP contribution in [0.4, 0.5) is 0 Å². The van der Waals surface area contributed by atoms with Gasteiger partial charge in [0.05, 0.1) is 12.6 Å². The zero-order valence-electron chi connectivity index (χ0n) is 11.5. The molecule has 1 N–H and O–H groups in total. The molecule has 3 atom stereocenters. The van der Waals surface area contributed by atoms with Crippen LogP contribution in [0.3, 0.4) is 0 Å². The molecule has 0 radical (unpaired) electrons. The molecule has 1 fully saturated rings. The Hall–Kier alpha value is -0.610. The van der Waals surface area contributed by atoms with E-state index in [0.29, 0.717) is 18.6 Å². The van der Waals surface area contributed by atoms with Gasteiger partial charge in [0, 0.05) is 25.6 Å². The van der Waals surface area contributed by atoms with Gasteiger partial charge in [-0.3, -0.25) is 4.79 Å². The van der Waals surface area contributed by atoms with Crippen molar-refractivity contribution in [3.63, 3.8) is 0 Å². The first-order chi connectivity index (χ1) is 8.10. The molecule has 0 aromatic heterocycles. The second-order valence-electron chi connectivity index (χ2n) is 5.01. The number of nitrogens with one attached hydrogen (secondary N) is 1. The van der Waals surface area contributed by atoms with Crippen molar-refractivity contribution in [1.82, 2.24) is 10.2 Å². The highest BCUT2D eigenvalue weighted by Crippen LogP contribution is 2.20. The van der Waals surface area contributed by atoms with Gasteiger partial charge in [0.15, 0.2) is 0 Å². The zero-order valence-corrected chi connectivity index (χ0v) is 11.5. The van der Waals surface area contributed by atoms with E-state index in [4.69, 9.17) is 4.74 Å². The van der Waals surface area contributed by atoms with Gasteiger partial charge in [-0.25, -0.2) is 0 Å². The minimum Gasteiger partial charge on any atom is -0.383 e. The van der Waals surface area contributed by atoms with Gasteiger partial charge in [-0.1, -0.05) is 0 Å². The average molecular weight is 242 g/mol. The first-order valence-electron chi connectivity index (χ1n) is 6.62. The predicted molar refractivity (Wildman–Crippen MR) is 68.9 cm³/mol. The Morgan fingerprint density at radius 3 is 2.82 bits per heavy atom. The first-order valence-corrected chi connectivity index (χ1v) is 6.62. The van der Waals surface area contributed by atoms with Crippen LogP contribution in [0.25, 0.3) is 0 Å². The van der Waals surface area contributed by atoms with E-state index in [9.17, 15) is 4.79 Å². The number of hydrogen-bond acceptors (Lipinski definition) is 3. The van der Waals surface area contributed by atoms with Gasteiger partial charge in [0.1, 0.15) is 0 Å². The minimum atomic E-state index is 0.169. The molecule has 100 valence electrons. The number of likely N-dealkylation sites (N-methyl/N-ethyl adjacent to an activating group) is 1.